The lowest BCUT2D eigenvalue weighted by atomic mass is 10.2. The van der Waals surface area contributed by atoms with Crippen LogP contribution in [0.5, 0.6) is 11.5 Å². The quantitative estimate of drug-likeness (QED) is 0.739. The van der Waals surface area contributed by atoms with Gasteiger partial charge in [-0.2, -0.15) is 5.26 Å². The van der Waals surface area contributed by atoms with Gasteiger partial charge in [0.05, 0.1) is 12.7 Å². The van der Waals surface area contributed by atoms with Gasteiger partial charge >= 0.3 is 0 Å². The molecule has 0 bridgehead atoms. The zero-order valence-corrected chi connectivity index (χ0v) is 9.62. The van der Waals surface area contributed by atoms with Crippen molar-refractivity contribution in [3.63, 3.8) is 0 Å². The topological polar surface area (TPSA) is 54.3 Å². The van der Waals surface area contributed by atoms with Crippen LogP contribution < -0.4 is 14.8 Å². The van der Waals surface area contributed by atoms with Gasteiger partial charge in [-0.1, -0.05) is 6.92 Å². The number of benzene rings is 1. The lowest BCUT2D eigenvalue weighted by molar-refractivity contribution is 0.312. The Labute approximate surface area is 95.8 Å². The standard InChI is InChI=1S/C12H16N2O2/c1-3-14-6-7-16-12-8-11(15-2)5-4-10(12)9-13/h4-5,8,14H,3,6-7H2,1-2H3. The third-order valence-corrected chi connectivity index (χ3v) is 2.10. The predicted octanol–water partition coefficient (Wildman–Crippen LogP) is 1.56. The number of methoxy groups -OCH3 is 1. The van der Waals surface area contributed by atoms with Crippen molar-refractivity contribution in [2.45, 2.75) is 6.92 Å². The van der Waals surface area contributed by atoms with Gasteiger partial charge in [-0.25, -0.2) is 0 Å². The third-order valence-electron chi connectivity index (χ3n) is 2.10. The maximum atomic E-state index is 8.90. The highest BCUT2D eigenvalue weighted by atomic mass is 16.5. The van der Waals surface area contributed by atoms with E-state index in [9.17, 15) is 0 Å². The molecule has 1 aromatic carbocycles. The van der Waals surface area contributed by atoms with E-state index < -0.39 is 0 Å². The first kappa shape index (κ1) is 12.3. The van der Waals surface area contributed by atoms with E-state index in [1.807, 2.05) is 6.92 Å². The van der Waals surface area contributed by atoms with Crippen LogP contribution in [0.25, 0.3) is 0 Å². The number of hydrogen-bond acceptors (Lipinski definition) is 4. The number of nitrogens with zero attached hydrogens (tertiary/aromatic N) is 1. The minimum atomic E-state index is 0.525. The van der Waals surface area contributed by atoms with Crippen LogP contribution in [0, 0.1) is 11.3 Å². The molecule has 1 N–H and O–H groups in total. The highest BCUT2D eigenvalue weighted by Gasteiger charge is 2.04. The van der Waals surface area contributed by atoms with Gasteiger partial charge in [-0.3, -0.25) is 0 Å². The van der Waals surface area contributed by atoms with Crippen LogP contribution in [0.3, 0.4) is 0 Å². The van der Waals surface area contributed by atoms with E-state index >= 15 is 0 Å². The smallest absolute Gasteiger partial charge is 0.140 e. The van der Waals surface area contributed by atoms with Gasteiger partial charge in [0.25, 0.3) is 0 Å². The van der Waals surface area contributed by atoms with E-state index in [1.54, 1.807) is 25.3 Å². The van der Waals surface area contributed by atoms with Crippen molar-refractivity contribution in [3.8, 4) is 17.6 Å². The minimum Gasteiger partial charge on any atom is -0.497 e. The Morgan fingerprint density at radius 2 is 2.25 bits per heavy atom. The Morgan fingerprint density at radius 1 is 1.44 bits per heavy atom. The van der Waals surface area contributed by atoms with Crippen molar-refractivity contribution >= 4 is 0 Å². The lowest BCUT2D eigenvalue weighted by Crippen LogP contribution is -2.20. The molecule has 0 heterocycles. The second-order valence-electron chi connectivity index (χ2n) is 3.18. The molecular formula is C12H16N2O2. The van der Waals surface area contributed by atoms with Gasteiger partial charge in [-0.15, -0.1) is 0 Å². The van der Waals surface area contributed by atoms with E-state index in [0.717, 1.165) is 13.1 Å². The molecule has 0 aromatic heterocycles. The van der Waals surface area contributed by atoms with Gasteiger partial charge in [0.2, 0.25) is 0 Å². The Bertz CT molecular complexity index is 372. The normalized spacial score (nSPS) is 9.56. The summed E-state index contributed by atoms with van der Waals surface area (Å²) in [6.07, 6.45) is 0. The van der Waals surface area contributed by atoms with Crippen LogP contribution in [-0.4, -0.2) is 26.8 Å². The monoisotopic (exact) mass is 220 g/mol. The van der Waals surface area contributed by atoms with Crippen molar-refractivity contribution in [2.24, 2.45) is 0 Å². The molecule has 0 aliphatic carbocycles. The summed E-state index contributed by atoms with van der Waals surface area (Å²) in [5, 5.41) is 12.0. The van der Waals surface area contributed by atoms with Gasteiger partial charge in [0.15, 0.2) is 0 Å². The molecule has 0 saturated heterocycles. The summed E-state index contributed by atoms with van der Waals surface area (Å²) in [4.78, 5) is 0. The maximum Gasteiger partial charge on any atom is 0.140 e. The lowest BCUT2D eigenvalue weighted by Gasteiger charge is -2.09. The van der Waals surface area contributed by atoms with Crippen LogP contribution in [0.1, 0.15) is 12.5 Å². The molecule has 0 radical (unpaired) electrons. The number of ether oxygens (including phenoxy) is 2. The van der Waals surface area contributed by atoms with Crippen molar-refractivity contribution in [3.05, 3.63) is 23.8 Å². The van der Waals surface area contributed by atoms with Crippen LogP contribution in [0.15, 0.2) is 18.2 Å². The Morgan fingerprint density at radius 3 is 2.88 bits per heavy atom. The second kappa shape index (κ2) is 6.70. The molecule has 1 aromatic rings. The highest BCUT2D eigenvalue weighted by Crippen LogP contribution is 2.23. The first-order chi connectivity index (χ1) is 7.81. The van der Waals surface area contributed by atoms with E-state index in [0.29, 0.717) is 23.7 Å². The molecule has 0 saturated carbocycles. The highest BCUT2D eigenvalue weighted by molar-refractivity contribution is 5.47. The van der Waals surface area contributed by atoms with Crippen LogP contribution in [0.4, 0.5) is 0 Å². The van der Waals surface area contributed by atoms with Crippen LogP contribution in [0.2, 0.25) is 0 Å². The number of likely N-dealkylation sites (N-methyl/N-ethyl adjacent to an activating group) is 1. The SMILES string of the molecule is CCNCCOc1cc(OC)ccc1C#N. The van der Waals surface area contributed by atoms with Gasteiger partial charge in [0.1, 0.15) is 24.2 Å². The van der Waals surface area contributed by atoms with Crippen molar-refractivity contribution < 1.29 is 9.47 Å². The zero-order valence-electron chi connectivity index (χ0n) is 9.62. The molecule has 0 spiro atoms. The van der Waals surface area contributed by atoms with Crippen molar-refractivity contribution in [1.82, 2.24) is 5.32 Å². The zero-order chi connectivity index (χ0) is 11.8. The molecule has 0 unspecified atom stereocenters. The maximum absolute atomic E-state index is 8.90. The van der Waals surface area contributed by atoms with Gasteiger partial charge < -0.3 is 14.8 Å². The van der Waals surface area contributed by atoms with Gasteiger partial charge in [-0.05, 0) is 18.7 Å². The summed E-state index contributed by atoms with van der Waals surface area (Å²) < 4.78 is 10.6. The molecule has 0 aliphatic rings. The molecule has 86 valence electrons. The fourth-order valence-electron chi connectivity index (χ4n) is 1.25. The summed E-state index contributed by atoms with van der Waals surface area (Å²) in [7, 11) is 1.59. The molecule has 1 rings (SSSR count). The molecule has 4 nitrogen and oxygen atoms in total. The predicted molar refractivity (Wildman–Crippen MR) is 61.7 cm³/mol. The fraction of sp³-hybridized carbons (Fsp3) is 0.417. The Balaban J connectivity index is 2.65. The molecule has 0 fully saturated rings. The van der Waals surface area contributed by atoms with Crippen molar-refractivity contribution in [2.75, 3.05) is 26.8 Å². The molecular weight excluding hydrogens is 204 g/mol. The number of hydrogen-bond donors (Lipinski definition) is 1. The van der Waals surface area contributed by atoms with E-state index in [2.05, 4.69) is 11.4 Å². The average molecular weight is 220 g/mol. The minimum absolute atomic E-state index is 0.525. The van der Waals surface area contributed by atoms with Crippen LogP contribution >= 0.6 is 0 Å². The molecule has 0 aliphatic heterocycles. The average Bonchev–Trinajstić information content (AvgIpc) is 2.34. The van der Waals surface area contributed by atoms with E-state index in [-0.39, 0.29) is 0 Å². The summed E-state index contributed by atoms with van der Waals surface area (Å²) in [5.74, 6) is 1.26. The van der Waals surface area contributed by atoms with E-state index in [4.69, 9.17) is 14.7 Å². The molecule has 0 atom stereocenters. The molecule has 4 heteroatoms. The summed E-state index contributed by atoms with van der Waals surface area (Å²) in [6.45, 7) is 4.24. The van der Waals surface area contributed by atoms with E-state index in [1.165, 1.54) is 0 Å². The molecule has 0 amide bonds. The third kappa shape index (κ3) is 3.44. The largest absolute Gasteiger partial charge is 0.497 e. The number of nitriles is 1. The van der Waals surface area contributed by atoms with Gasteiger partial charge in [0, 0.05) is 12.6 Å². The first-order valence-corrected chi connectivity index (χ1v) is 5.23. The summed E-state index contributed by atoms with van der Waals surface area (Å²) >= 11 is 0. The molecule has 16 heavy (non-hydrogen) atoms. The Hall–Kier alpha value is -1.73. The first-order valence-electron chi connectivity index (χ1n) is 5.23. The summed E-state index contributed by atoms with van der Waals surface area (Å²) in [6, 6.07) is 7.26. The van der Waals surface area contributed by atoms with Crippen molar-refractivity contribution in [1.29, 1.82) is 5.26 Å². The number of nitrogens with one attached hydrogen (secondary N) is 1. The second-order valence-corrected chi connectivity index (χ2v) is 3.18. The summed E-state index contributed by atoms with van der Waals surface area (Å²) in [5.41, 5.74) is 0.525. The fourth-order valence-corrected chi connectivity index (χ4v) is 1.25. The van der Waals surface area contributed by atoms with Crippen LogP contribution in [-0.2, 0) is 0 Å². The number of rotatable bonds is 6. The Kier molecular flexibility index (Phi) is 5.17.